The fourth-order valence-corrected chi connectivity index (χ4v) is 6.51. The van der Waals surface area contributed by atoms with Crippen molar-refractivity contribution < 1.29 is 33.5 Å². The quantitative estimate of drug-likeness (QED) is 0.0519. The standard InChI is InChI=1S/C40H38N4O10/c1-26-25-43(39(48)42-38(26)47)35-23-33(54-37(46)22-21-36(45)52-32-19-15-30(16-20-32)44(49)50)34(53-35)24-41-40(27-9-5-3-6-10-27,28-11-7-4-8-12-28)29-13-17-31(51-2)18-14-29/h3-20,25,33-35,41H,21-24H2,1-2H3,(H,42,47,48)/t33-,34+,35+/m0/s1. The van der Waals surface area contributed by atoms with E-state index in [0.29, 0.717) is 11.3 Å². The summed E-state index contributed by atoms with van der Waals surface area (Å²) in [6.45, 7) is 1.70. The zero-order chi connectivity index (χ0) is 38.2. The second kappa shape index (κ2) is 16.5. The van der Waals surface area contributed by atoms with E-state index < -0.39 is 52.1 Å². The lowest BCUT2D eigenvalue weighted by Gasteiger charge is -2.38. The number of hydrogen-bond donors (Lipinski definition) is 2. The van der Waals surface area contributed by atoms with Gasteiger partial charge in [-0.2, -0.15) is 0 Å². The van der Waals surface area contributed by atoms with Crippen LogP contribution in [0.1, 0.15) is 47.7 Å². The van der Waals surface area contributed by atoms with Crippen molar-refractivity contribution in [1.29, 1.82) is 0 Å². The van der Waals surface area contributed by atoms with Crippen molar-refractivity contribution in [1.82, 2.24) is 14.9 Å². The summed E-state index contributed by atoms with van der Waals surface area (Å²) in [4.78, 5) is 63.5. The third-order valence-electron chi connectivity index (χ3n) is 9.24. The van der Waals surface area contributed by atoms with Crippen molar-refractivity contribution in [2.45, 2.75) is 50.2 Å². The van der Waals surface area contributed by atoms with Gasteiger partial charge in [0.1, 0.15) is 29.9 Å². The Balaban J connectivity index is 1.27. The highest BCUT2D eigenvalue weighted by Crippen LogP contribution is 2.39. The van der Waals surface area contributed by atoms with Gasteiger partial charge in [0.15, 0.2) is 0 Å². The summed E-state index contributed by atoms with van der Waals surface area (Å²) in [5.41, 5.74) is 0.738. The van der Waals surface area contributed by atoms with Gasteiger partial charge in [-0.05, 0) is 47.9 Å². The predicted octanol–water partition coefficient (Wildman–Crippen LogP) is 4.93. The number of carbonyl (C=O) groups is 2. The number of aryl methyl sites for hydroxylation is 1. The van der Waals surface area contributed by atoms with Crippen LogP contribution in [0.2, 0.25) is 0 Å². The minimum Gasteiger partial charge on any atom is -0.497 e. The number of ether oxygens (including phenoxy) is 4. The number of carbonyl (C=O) groups excluding carboxylic acids is 2. The molecule has 0 saturated carbocycles. The first-order valence-corrected chi connectivity index (χ1v) is 17.2. The zero-order valence-electron chi connectivity index (χ0n) is 29.5. The summed E-state index contributed by atoms with van der Waals surface area (Å²) >= 11 is 0. The van der Waals surface area contributed by atoms with E-state index in [1.54, 1.807) is 14.0 Å². The van der Waals surface area contributed by atoms with Gasteiger partial charge >= 0.3 is 17.6 Å². The van der Waals surface area contributed by atoms with E-state index in [1.807, 2.05) is 84.9 Å². The maximum atomic E-state index is 13.2. The second-order valence-electron chi connectivity index (χ2n) is 12.7. The number of rotatable bonds is 14. The molecule has 1 saturated heterocycles. The van der Waals surface area contributed by atoms with Crippen LogP contribution < -0.4 is 26.0 Å². The lowest BCUT2D eigenvalue weighted by atomic mass is 9.77. The van der Waals surface area contributed by atoms with Gasteiger partial charge in [-0.15, -0.1) is 0 Å². The predicted molar refractivity (Wildman–Crippen MR) is 196 cm³/mol. The number of aromatic amines is 1. The number of nitrogens with one attached hydrogen (secondary N) is 2. The van der Waals surface area contributed by atoms with Crippen molar-refractivity contribution in [3.8, 4) is 11.5 Å². The molecule has 0 bridgehead atoms. The van der Waals surface area contributed by atoms with Crippen LogP contribution >= 0.6 is 0 Å². The number of nitro benzene ring substituents is 1. The normalized spacial score (nSPS) is 16.7. The van der Waals surface area contributed by atoms with E-state index in [9.17, 15) is 29.3 Å². The molecule has 14 heteroatoms. The number of aromatic nitrogens is 2. The monoisotopic (exact) mass is 734 g/mol. The number of esters is 2. The molecule has 278 valence electrons. The number of hydrogen-bond acceptors (Lipinski definition) is 11. The third kappa shape index (κ3) is 8.30. The smallest absolute Gasteiger partial charge is 0.330 e. The molecule has 0 amide bonds. The summed E-state index contributed by atoms with van der Waals surface area (Å²) in [5.74, 6) is -0.658. The maximum absolute atomic E-state index is 13.2. The van der Waals surface area contributed by atoms with Crippen molar-refractivity contribution in [2.75, 3.05) is 13.7 Å². The molecule has 0 spiro atoms. The van der Waals surface area contributed by atoms with E-state index in [1.165, 1.54) is 35.0 Å². The number of H-pyrrole nitrogens is 1. The van der Waals surface area contributed by atoms with Gasteiger partial charge in [-0.1, -0.05) is 72.8 Å². The summed E-state index contributed by atoms with van der Waals surface area (Å²) in [6, 6.07) is 32.4. The first kappa shape index (κ1) is 37.4. The Morgan fingerprint density at radius 2 is 1.44 bits per heavy atom. The van der Waals surface area contributed by atoms with Crippen molar-refractivity contribution in [2.24, 2.45) is 0 Å². The Morgan fingerprint density at radius 3 is 2.04 bits per heavy atom. The van der Waals surface area contributed by atoms with Crippen LogP contribution in [0.5, 0.6) is 11.5 Å². The molecule has 1 fully saturated rings. The van der Waals surface area contributed by atoms with Crippen LogP contribution in [0.3, 0.4) is 0 Å². The van der Waals surface area contributed by atoms with Crippen molar-refractivity contribution >= 4 is 17.6 Å². The highest BCUT2D eigenvalue weighted by molar-refractivity contribution is 5.79. The van der Waals surface area contributed by atoms with Gasteiger partial charge < -0.3 is 18.9 Å². The molecule has 3 atom stereocenters. The Kier molecular flexibility index (Phi) is 11.4. The van der Waals surface area contributed by atoms with Gasteiger partial charge in [0.05, 0.1) is 30.4 Å². The van der Waals surface area contributed by atoms with Crippen LogP contribution in [0.4, 0.5) is 5.69 Å². The molecular weight excluding hydrogens is 696 g/mol. The van der Waals surface area contributed by atoms with Crippen molar-refractivity contribution in [3.63, 3.8) is 0 Å². The molecule has 5 aromatic rings. The molecule has 2 heterocycles. The molecular formula is C40H38N4O10. The SMILES string of the molecule is COc1ccc(C(NC[C@H]2O[C@@H](n3cc(C)c(=O)[nH]c3=O)C[C@@H]2OC(=O)CCC(=O)Oc2ccc([N+](=O)[O-])cc2)(c2ccccc2)c2ccccc2)cc1. The van der Waals surface area contributed by atoms with Gasteiger partial charge in [0, 0.05) is 36.9 Å². The molecule has 4 aromatic carbocycles. The number of non-ortho nitro benzene ring substituents is 1. The molecule has 1 aliphatic heterocycles. The molecule has 1 aromatic heterocycles. The molecule has 14 nitrogen and oxygen atoms in total. The van der Waals surface area contributed by atoms with E-state index in [2.05, 4.69) is 10.3 Å². The average Bonchev–Trinajstić information content (AvgIpc) is 3.58. The number of methoxy groups -OCH3 is 1. The first-order chi connectivity index (χ1) is 26.1. The molecule has 54 heavy (non-hydrogen) atoms. The lowest BCUT2D eigenvalue weighted by Crippen LogP contribution is -2.49. The zero-order valence-corrected chi connectivity index (χ0v) is 29.5. The summed E-state index contributed by atoms with van der Waals surface area (Å²) in [5, 5.41) is 14.7. The van der Waals surface area contributed by atoms with E-state index in [-0.39, 0.29) is 37.2 Å². The minimum absolute atomic E-state index is 0.0723. The van der Waals surface area contributed by atoms with E-state index >= 15 is 0 Å². The van der Waals surface area contributed by atoms with Crippen LogP contribution in [0, 0.1) is 17.0 Å². The fourth-order valence-electron chi connectivity index (χ4n) is 6.51. The third-order valence-corrected chi connectivity index (χ3v) is 9.24. The topological polar surface area (TPSA) is 181 Å². The Bertz CT molecular complexity index is 2170. The average molecular weight is 735 g/mol. The maximum Gasteiger partial charge on any atom is 0.330 e. The Hall–Kier alpha value is -6.38. The molecule has 0 radical (unpaired) electrons. The number of nitro groups is 1. The van der Waals surface area contributed by atoms with Crippen molar-refractivity contribution in [3.05, 3.63) is 169 Å². The van der Waals surface area contributed by atoms with Gasteiger partial charge in [-0.3, -0.25) is 39.4 Å². The van der Waals surface area contributed by atoms with Crippen LogP contribution in [0.15, 0.2) is 125 Å². The van der Waals surface area contributed by atoms with E-state index in [4.69, 9.17) is 18.9 Å². The van der Waals surface area contributed by atoms with Crippen LogP contribution in [-0.4, -0.2) is 52.3 Å². The van der Waals surface area contributed by atoms with Gasteiger partial charge in [0.2, 0.25) is 0 Å². The Labute approximate surface area is 309 Å². The lowest BCUT2D eigenvalue weighted by molar-refractivity contribution is -0.384. The summed E-state index contributed by atoms with van der Waals surface area (Å²) < 4.78 is 24.3. The number of benzene rings is 4. The Morgan fingerprint density at radius 1 is 0.870 bits per heavy atom. The van der Waals surface area contributed by atoms with Gasteiger partial charge in [0.25, 0.3) is 11.2 Å². The van der Waals surface area contributed by atoms with Crippen LogP contribution in [0.25, 0.3) is 0 Å². The van der Waals surface area contributed by atoms with Gasteiger partial charge in [-0.25, -0.2) is 4.79 Å². The molecule has 1 aliphatic rings. The largest absolute Gasteiger partial charge is 0.497 e. The fraction of sp³-hybridized carbons (Fsp3) is 0.250. The minimum atomic E-state index is -0.933. The second-order valence-corrected chi connectivity index (χ2v) is 12.7. The van der Waals surface area contributed by atoms with Crippen LogP contribution in [-0.2, 0) is 24.6 Å². The highest BCUT2D eigenvalue weighted by Gasteiger charge is 2.43. The first-order valence-electron chi connectivity index (χ1n) is 17.2. The summed E-state index contributed by atoms with van der Waals surface area (Å²) in [7, 11) is 1.60. The number of nitrogens with zero attached hydrogens (tertiary/aromatic N) is 2. The molecule has 0 aliphatic carbocycles. The molecule has 0 unspecified atom stereocenters. The highest BCUT2D eigenvalue weighted by atomic mass is 16.6. The molecule has 6 rings (SSSR count). The summed E-state index contributed by atoms with van der Waals surface area (Å²) in [6.07, 6.45) is -1.73. The molecule has 2 N–H and O–H groups in total. The van der Waals surface area contributed by atoms with E-state index in [0.717, 1.165) is 16.7 Å².